The van der Waals surface area contributed by atoms with Crippen molar-refractivity contribution in [1.29, 1.82) is 0 Å². The highest BCUT2D eigenvalue weighted by Crippen LogP contribution is 2.47. The zero-order chi connectivity index (χ0) is 40.1. The molecule has 2 aromatic carbocycles. The van der Waals surface area contributed by atoms with Crippen LogP contribution in [-0.2, 0) is 30.5 Å². The Morgan fingerprint density at radius 3 is 2.61 bits per heavy atom. The minimum atomic E-state index is -1.17. The quantitative estimate of drug-likeness (QED) is 0.177. The average Bonchev–Trinajstić information content (AvgIpc) is 3.64. The Balaban J connectivity index is 1.35. The molecular formula is C44H56N4O7S2. The van der Waals surface area contributed by atoms with Gasteiger partial charge in [-0.3, -0.25) is 10.1 Å². The first-order valence-corrected chi connectivity index (χ1v) is 22.8. The van der Waals surface area contributed by atoms with Crippen LogP contribution in [-0.4, -0.2) is 82.4 Å². The summed E-state index contributed by atoms with van der Waals surface area (Å²) in [6, 6.07) is 5.09. The first-order valence-electron chi connectivity index (χ1n) is 20.3. The standard InChI is InChI=1S/C44H56N4O7S2/c1-26(2)37-24-57-56-23-35-34-22-33-28-12-15-31(50)21-30(49)14-11-27-13-16-38(51)40(53-3)32(27)9-6-8-29(20-28)39(41(33)55-42(34)52)54-25-46-44(17-4-5-18-44)19-7-10-36(35)47-43(45)48-37/h13,16,20,26,31,34-37,42,46,50-52H,4-5,8,11-12,14-15,17-19,21-25H2,1-3H3,(H3,45,47,48). The fraction of sp³-hybridized carbons (Fsp3) is 0.591. The topological polar surface area (TPSA) is 168 Å². The number of phenolic OH excluding ortho intramolecular Hbond substituents is 1. The molecular weight excluding hydrogens is 761 g/mol. The fourth-order valence-corrected chi connectivity index (χ4v) is 11.6. The predicted molar refractivity (Wildman–Crippen MR) is 226 cm³/mol. The molecule has 11 nitrogen and oxygen atoms in total. The third kappa shape index (κ3) is 9.61. The van der Waals surface area contributed by atoms with E-state index in [0.717, 1.165) is 53.7 Å². The van der Waals surface area contributed by atoms with E-state index in [0.29, 0.717) is 66.8 Å². The van der Waals surface area contributed by atoms with Gasteiger partial charge in [-0.15, -0.1) is 0 Å². The number of rotatable bonds is 2. The smallest absolute Gasteiger partial charge is 0.201 e. The second-order valence-corrected chi connectivity index (χ2v) is 19.0. The molecule has 8 rings (SSSR count). The monoisotopic (exact) mass is 816 g/mol. The summed E-state index contributed by atoms with van der Waals surface area (Å²) in [5.74, 6) is 16.5. The third-order valence-corrected chi connectivity index (χ3v) is 14.7. The largest absolute Gasteiger partial charge is 0.504 e. The summed E-state index contributed by atoms with van der Waals surface area (Å²) in [5.41, 5.74) is 10.4. The van der Waals surface area contributed by atoms with Gasteiger partial charge in [-0.25, -0.2) is 4.99 Å². The van der Waals surface area contributed by atoms with Crippen LogP contribution >= 0.6 is 21.6 Å². The summed E-state index contributed by atoms with van der Waals surface area (Å²) in [6.07, 6.45) is 5.05. The molecule has 306 valence electrons. The number of nitrogens with two attached hydrogens (primary N) is 1. The van der Waals surface area contributed by atoms with Crippen LogP contribution in [0, 0.1) is 41.4 Å². The number of benzene rings is 2. The first-order chi connectivity index (χ1) is 27.5. The molecule has 2 aromatic rings. The molecule has 0 amide bonds. The number of ketones is 1. The normalized spacial score (nSPS) is 27.8. The lowest BCUT2D eigenvalue weighted by Gasteiger charge is -2.40. The SMILES string of the molecule is COc1c(O)ccc2c1C#CCc1cc(c3c4c1OCNC1(CC#CC5NC(N)=NC(C(C)C)CSSCC5C(C3)C(O)O4)CCCC1)CCC(O)CC(=O)CC2. The molecule has 7 N–H and O–H groups in total. The van der Waals surface area contributed by atoms with Crippen LogP contribution in [0.5, 0.6) is 23.0 Å². The van der Waals surface area contributed by atoms with Gasteiger partial charge in [0.2, 0.25) is 6.29 Å². The summed E-state index contributed by atoms with van der Waals surface area (Å²) in [5, 5.41) is 41.1. The van der Waals surface area contributed by atoms with E-state index < -0.39 is 18.4 Å². The molecule has 2 aliphatic carbocycles. The van der Waals surface area contributed by atoms with Crippen molar-refractivity contribution in [3.8, 4) is 46.7 Å². The zero-order valence-corrected chi connectivity index (χ0v) is 34.8. The Labute approximate surface area is 344 Å². The van der Waals surface area contributed by atoms with Gasteiger partial charge >= 0.3 is 0 Å². The van der Waals surface area contributed by atoms with E-state index >= 15 is 0 Å². The molecule has 4 aliphatic heterocycles. The number of guanidine groups is 1. The van der Waals surface area contributed by atoms with Gasteiger partial charge in [0.25, 0.3) is 0 Å². The van der Waals surface area contributed by atoms with Crippen molar-refractivity contribution in [2.75, 3.05) is 25.3 Å². The highest BCUT2D eigenvalue weighted by atomic mass is 33.1. The number of carbonyl (C=O) groups excluding carboxylic acids is 1. The minimum absolute atomic E-state index is 0.0291. The van der Waals surface area contributed by atoms with Crippen LogP contribution in [0.25, 0.3) is 0 Å². The molecule has 0 saturated heterocycles. The van der Waals surface area contributed by atoms with Crippen LogP contribution < -0.4 is 30.6 Å². The number of aromatic hydroxyl groups is 1. The van der Waals surface area contributed by atoms with Crippen molar-refractivity contribution >= 4 is 33.3 Å². The van der Waals surface area contributed by atoms with Crippen LogP contribution in [0.4, 0.5) is 0 Å². The highest BCUT2D eigenvalue weighted by molar-refractivity contribution is 8.76. The number of Topliss-reactive ketones (excluding diaryl/α,β-unsaturated/α-hetero) is 1. The third-order valence-electron chi connectivity index (χ3n) is 12.2. The Hall–Kier alpha value is -3.72. The van der Waals surface area contributed by atoms with Crippen LogP contribution in [0.3, 0.4) is 0 Å². The number of methoxy groups -OCH3 is 1. The van der Waals surface area contributed by atoms with Gasteiger partial charge in [0, 0.05) is 65.7 Å². The lowest BCUT2D eigenvalue weighted by molar-refractivity contribution is -0.121. The maximum absolute atomic E-state index is 13.1. The van der Waals surface area contributed by atoms with Gasteiger partial charge in [0.15, 0.2) is 29.0 Å². The number of ether oxygens (including phenoxy) is 3. The number of phenols is 1. The average molecular weight is 817 g/mol. The van der Waals surface area contributed by atoms with Crippen LogP contribution in [0.15, 0.2) is 23.2 Å². The summed E-state index contributed by atoms with van der Waals surface area (Å²) < 4.78 is 18.9. The van der Waals surface area contributed by atoms with E-state index in [-0.39, 0.29) is 66.7 Å². The lowest BCUT2D eigenvalue weighted by atomic mass is 9.78. The first kappa shape index (κ1) is 41.4. The van der Waals surface area contributed by atoms with Gasteiger partial charge in [0.05, 0.1) is 30.9 Å². The number of nitrogens with zero attached hydrogens (tertiary/aromatic N) is 1. The molecule has 4 heterocycles. The molecule has 1 fully saturated rings. The fourth-order valence-electron chi connectivity index (χ4n) is 8.79. The molecule has 13 heteroatoms. The van der Waals surface area contributed by atoms with Crippen LogP contribution in [0.2, 0.25) is 0 Å². The predicted octanol–water partition coefficient (Wildman–Crippen LogP) is 5.02. The number of hydrogen-bond donors (Lipinski definition) is 6. The van der Waals surface area contributed by atoms with E-state index in [1.54, 1.807) is 33.7 Å². The molecule has 0 radical (unpaired) electrons. The van der Waals surface area contributed by atoms with E-state index in [9.17, 15) is 20.1 Å². The zero-order valence-electron chi connectivity index (χ0n) is 33.2. The second kappa shape index (κ2) is 18.5. The number of aliphatic hydroxyl groups is 2. The molecule has 57 heavy (non-hydrogen) atoms. The van der Waals surface area contributed by atoms with Crippen LogP contribution in [0.1, 0.15) is 93.0 Å². The Morgan fingerprint density at radius 1 is 1.02 bits per heavy atom. The lowest BCUT2D eigenvalue weighted by Crippen LogP contribution is -2.51. The Kier molecular flexibility index (Phi) is 13.4. The minimum Gasteiger partial charge on any atom is -0.504 e. The van der Waals surface area contributed by atoms with E-state index in [4.69, 9.17) is 24.9 Å². The number of fused-ring (bicyclic) bond motifs is 7. The Morgan fingerprint density at radius 2 is 1.82 bits per heavy atom. The molecule has 6 aliphatic rings. The van der Waals surface area contributed by atoms with E-state index in [1.807, 2.05) is 0 Å². The number of aryl methyl sites for hydroxylation is 2. The van der Waals surface area contributed by atoms with Gasteiger partial charge in [-0.1, -0.05) is 84.1 Å². The van der Waals surface area contributed by atoms with Gasteiger partial charge in [0.1, 0.15) is 12.5 Å². The summed E-state index contributed by atoms with van der Waals surface area (Å²) in [4.78, 5) is 18.0. The molecule has 0 aromatic heterocycles. The maximum Gasteiger partial charge on any atom is 0.201 e. The molecule has 1 spiro atoms. The van der Waals surface area contributed by atoms with E-state index in [2.05, 4.69) is 54.2 Å². The van der Waals surface area contributed by atoms with Crippen molar-refractivity contribution in [2.45, 2.75) is 121 Å². The molecule has 1 saturated carbocycles. The highest BCUT2D eigenvalue weighted by Gasteiger charge is 2.42. The summed E-state index contributed by atoms with van der Waals surface area (Å²) in [7, 11) is 5.04. The number of nitrogens with one attached hydrogen (secondary N) is 2. The van der Waals surface area contributed by atoms with Crippen molar-refractivity contribution in [2.24, 2.45) is 28.5 Å². The number of aliphatic imine (C=N–C) groups is 1. The van der Waals surface area contributed by atoms with Crippen molar-refractivity contribution in [3.05, 3.63) is 46.0 Å². The molecule has 6 bridgehead atoms. The second-order valence-electron chi connectivity index (χ2n) is 16.4. The maximum atomic E-state index is 13.1. The number of hydrogen-bond acceptors (Lipinski definition) is 13. The van der Waals surface area contributed by atoms with Gasteiger partial charge in [-0.2, -0.15) is 0 Å². The van der Waals surface area contributed by atoms with Crippen molar-refractivity contribution < 1.29 is 34.3 Å². The Bertz CT molecular complexity index is 1960. The van der Waals surface area contributed by atoms with Crippen molar-refractivity contribution in [1.82, 2.24) is 10.6 Å². The number of carbonyl (C=O) groups is 1. The van der Waals surface area contributed by atoms with Crippen molar-refractivity contribution in [3.63, 3.8) is 0 Å². The van der Waals surface area contributed by atoms with Gasteiger partial charge < -0.3 is 40.6 Å². The summed E-state index contributed by atoms with van der Waals surface area (Å²) in [6.45, 7) is 4.52. The molecule has 6 unspecified atom stereocenters. The van der Waals surface area contributed by atoms with Gasteiger partial charge in [-0.05, 0) is 61.6 Å². The molecule has 6 atom stereocenters. The van der Waals surface area contributed by atoms with E-state index in [1.165, 1.54) is 7.11 Å². The summed E-state index contributed by atoms with van der Waals surface area (Å²) >= 11 is 0. The number of aliphatic hydroxyl groups excluding tert-OH is 2.